The first-order valence-electron chi connectivity index (χ1n) is 13.9. The van der Waals surface area contributed by atoms with Gasteiger partial charge >= 0.3 is 0 Å². The fourth-order valence-corrected chi connectivity index (χ4v) is 7.22. The largest absolute Gasteiger partial charge is 0.274 e. The predicted molar refractivity (Wildman–Crippen MR) is 155 cm³/mol. The van der Waals surface area contributed by atoms with Crippen molar-refractivity contribution in [3.63, 3.8) is 0 Å². The summed E-state index contributed by atoms with van der Waals surface area (Å²) >= 11 is 0. The van der Waals surface area contributed by atoms with E-state index in [2.05, 4.69) is 0 Å². The molecule has 1 aliphatic carbocycles. The maximum atomic E-state index is 14.9. The van der Waals surface area contributed by atoms with Crippen LogP contribution >= 0.6 is 0 Å². The summed E-state index contributed by atoms with van der Waals surface area (Å²) in [5, 5.41) is 0. The molecule has 7 rings (SSSR count). The molecule has 2 fully saturated rings. The van der Waals surface area contributed by atoms with E-state index in [1.54, 1.807) is 48.5 Å². The molecule has 3 aliphatic rings. The first-order chi connectivity index (χ1) is 19.8. The molecule has 4 amide bonds. The molecule has 0 unspecified atom stereocenters. The predicted octanol–water partition coefficient (Wildman–Crippen LogP) is 5.48. The highest BCUT2D eigenvalue weighted by molar-refractivity contribution is 6.31. The molecule has 0 spiro atoms. The second-order valence-electron chi connectivity index (χ2n) is 11.4. The number of nitrogens with zero attached hydrogens (tertiary/aromatic N) is 2. The molecule has 0 bridgehead atoms. The highest BCUT2D eigenvalue weighted by atomic mass is 16.2. The molecule has 0 radical (unpaired) electrons. The van der Waals surface area contributed by atoms with Crippen molar-refractivity contribution in [3.8, 4) is 0 Å². The summed E-state index contributed by atoms with van der Waals surface area (Å²) in [5.41, 5.74) is 3.57. The third-order valence-corrected chi connectivity index (χ3v) is 8.98. The fourth-order valence-electron chi connectivity index (χ4n) is 7.22. The number of aryl methyl sites for hydroxylation is 2. The summed E-state index contributed by atoms with van der Waals surface area (Å²) in [6, 6.07) is 31.2. The molecule has 4 aromatic rings. The highest BCUT2D eigenvalue weighted by Gasteiger charge is 2.73. The summed E-state index contributed by atoms with van der Waals surface area (Å²) in [6.45, 7) is 3.92. The van der Waals surface area contributed by atoms with Crippen LogP contribution in [0.5, 0.6) is 0 Å². The average molecular weight is 541 g/mol. The number of benzene rings is 4. The third kappa shape index (κ3) is 3.50. The molecule has 0 saturated carbocycles. The Morgan fingerprint density at radius 2 is 1.20 bits per heavy atom. The minimum absolute atomic E-state index is 0.155. The zero-order chi connectivity index (χ0) is 28.5. The zero-order valence-electron chi connectivity index (χ0n) is 22.8. The average Bonchev–Trinajstić information content (AvgIpc) is 3.37. The second kappa shape index (κ2) is 9.10. The Kier molecular flexibility index (Phi) is 5.58. The van der Waals surface area contributed by atoms with Crippen molar-refractivity contribution >= 4 is 35.0 Å². The Morgan fingerprint density at radius 3 is 1.83 bits per heavy atom. The first-order valence-corrected chi connectivity index (χ1v) is 13.9. The van der Waals surface area contributed by atoms with Crippen LogP contribution in [0.15, 0.2) is 103 Å². The maximum absolute atomic E-state index is 14.9. The van der Waals surface area contributed by atoms with Gasteiger partial charge in [-0.2, -0.15) is 0 Å². The molecule has 2 saturated heterocycles. The fraction of sp³-hybridized carbons (Fsp3) is 0.200. The second-order valence-corrected chi connectivity index (χ2v) is 11.4. The lowest BCUT2D eigenvalue weighted by atomic mass is 9.54. The molecule has 4 aromatic carbocycles. The lowest BCUT2D eigenvalue weighted by Crippen LogP contribution is -2.51. The molecular weight excluding hydrogens is 512 g/mol. The normalized spacial score (nSPS) is 24.9. The van der Waals surface area contributed by atoms with E-state index in [9.17, 15) is 19.2 Å². The molecule has 6 nitrogen and oxygen atoms in total. The first kappa shape index (κ1) is 25.1. The number of fused-ring (bicyclic) bond motifs is 6. The van der Waals surface area contributed by atoms with Gasteiger partial charge in [-0.25, -0.2) is 9.80 Å². The Balaban J connectivity index is 1.52. The maximum Gasteiger partial charge on any atom is 0.242 e. The third-order valence-electron chi connectivity index (χ3n) is 8.98. The number of carbonyl (C=O) groups is 4. The Hall–Kier alpha value is -4.84. The van der Waals surface area contributed by atoms with E-state index in [1.165, 1.54) is 9.80 Å². The molecule has 2 heterocycles. The van der Waals surface area contributed by atoms with Gasteiger partial charge in [-0.3, -0.25) is 19.2 Å². The molecule has 202 valence electrons. The van der Waals surface area contributed by atoms with Crippen LogP contribution < -0.4 is 9.80 Å². The SMILES string of the molecule is Cc1ccc(C[C@]23C(=O)N(c4ccccc4)C(=O)[C@H]2c2cc(C)ccc2[C@H]2C(=O)N(c4ccccc4)C(=O)[C@@H]23)cc1. The number of para-hydroxylation sites is 2. The lowest BCUT2D eigenvalue weighted by molar-refractivity contribution is -0.138. The molecule has 4 atom stereocenters. The van der Waals surface area contributed by atoms with Crippen LogP contribution in [0.3, 0.4) is 0 Å². The van der Waals surface area contributed by atoms with Gasteiger partial charge in [-0.1, -0.05) is 90.0 Å². The van der Waals surface area contributed by atoms with Gasteiger partial charge in [0.25, 0.3) is 0 Å². The number of anilines is 2. The van der Waals surface area contributed by atoms with E-state index in [0.717, 1.165) is 16.7 Å². The Labute approximate surface area is 238 Å². The van der Waals surface area contributed by atoms with Gasteiger partial charge in [0.15, 0.2) is 0 Å². The molecule has 0 N–H and O–H groups in total. The van der Waals surface area contributed by atoms with E-state index in [1.807, 2.05) is 68.4 Å². The van der Waals surface area contributed by atoms with E-state index in [0.29, 0.717) is 22.5 Å². The summed E-state index contributed by atoms with van der Waals surface area (Å²) in [6.07, 6.45) is 0.155. The number of carbonyl (C=O) groups excluding carboxylic acids is 4. The lowest BCUT2D eigenvalue weighted by Gasteiger charge is -2.43. The molecule has 6 heteroatoms. The van der Waals surface area contributed by atoms with Crippen LogP contribution in [-0.2, 0) is 25.6 Å². The highest BCUT2D eigenvalue weighted by Crippen LogP contribution is 2.63. The summed E-state index contributed by atoms with van der Waals surface area (Å²) in [7, 11) is 0. The van der Waals surface area contributed by atoms with Crippen molar-refractivity contribution < 1.29 is 19.2 Å². The van der Waals surface area contributed by atoms with Gasteiger partial charge in [0.2, 0.25) is 23.6 Å². The zero-order valence-corrected chi connectivity index (χ0v) is 22.8. The topological polar surface area (TPSA) is 74.8 Å². The Morgan fingerprint density at radius 1 is 0.610 bits per heavy atom. The van der Waals surface area contributed by atoms with E-state index in [-0.39, 0.29) is 18.2 Å². The minimum Gasteiger partial charge on any atom is -0.274 e. The van der Waals surface area contributed by atoms with Gasteiger partial charge in [-0.05, 0) is 61.2 Å². The van der Waals surface area contributed by atoms with Crippen molar-refractivity contribution in [2.45, 2.75) is 32.1 Å². The van der Waals surface area contributed by atoms with Crippen LogP contribution in [0.1, 0.15) is 39.7 Å². The van der Waals surface area contributed by atoms with Crippen LogP contribution in [-0.4, -0.2) is 23.6 Å². The molecular formula is C35H28N2O4. The minimum atomic E-state index is -1.48. The number of rotatable bonds is 4. The van der Waals surface area contributed by atoms with E-state index in [4.69, 9.17) is 0 Å². The van der Waals surface area contributed by atoms with Crippen molar-refractivity contribution in [3.05, 3.63) is 131 Å². The summed E-state index contributed by atoms with van der Waals surface area (Å²) in [5.74, 6) is -4.44. The monoisotopic (exact) mass is 540 g/mol. The quantitative estimate of drug-likeness (QED) is 0.322. The van der Waals surface area contributed by atoms with Crippen molar-refractivity contribution in [1.82, 2.24) is 0 Å². The number of hydrogen-bond donors (Lipinski definition) is 0. The van der Waals surface area contributed by atoms with Gasteiger partial charge in [0.05, 0.1) is 34.5 Å². The number of imide groups is 2. The van der Waals surface area contributed by atoms with Crippen molar-refractivity contribution in [2.75, 3.05) is 9.80 Å². The van der Waals surface area contributed by atoms with E-state index >= 15 is 0 Å². The van der Waals surface area contributed by atoms with Crippen LogP contribution in [0.2, 0.25) is 0 Å². The van der Waals surface area contributed by atoms with Gasteiger partial charge < -0.3 is 0 Å². The van der Waals surface area contributed by atoms with Crippen molar-refractivity contribution in [2.24, 2.45) is 11.3 Å². The standard InChI is InChI=1S/C35H28N2O4/c1-21-13-16-23(17-14-21)20-35-29(32(39)37(34(35)41)25-11-7-4-8-12-25)27-19-22(2)15-18-26(27)28-30(35)33(40)36(31(28)38)24-9-5-3-6-10-24/h3-19,28-30H,20H2,1-2H3/t28-,29-,30-,35+/m1/s1. The van der Waals surface area contributed by atoms with Gasteiger partial charge in [0.1, 0.15) is 0 Å². The van der Waals surface area contributed by atoms with Crippen LogP contribution in [0, 0.1) is 25.2 Å². The Bertz CT molecular complexity index is 1730. The smallest absolute Gasteiger partial charge is 0.242 e. The van der Waals surface area contributed by atoms with E-state index < -0.39 is 35.0 Å². The molecule has 0 aromatic heterocycles. The molecule has 2 aliphatic heterocycles. The summed E-state index contributed by atoms with van der Waals surface area (Å²) in [4.78, 5) is 60.7. The van der Waals surface area contributed by atoms with Gasteiger partial charge in [0, 0.05) is 0 Å². The van der Waals surface area contributed by atoms with Crippen LogP contribution in [0.4, 0.5) is 11.4 Å². The molecule has 41 heavy (non-hydrogen) atoms. The summed E-state index contributed by atoms with van der Waals surface area (Å²) < 4.78 is 0. The number of amides is 4. The number of hydrogen-bond acceptors (Lipinski definition) is 4. The van der Waals surface area contributed by atoms with Crippen LogP contribution in [0.25, 0.3) is 0 Å². The van der Waals surface area contributed by atoms with Crippen molar-refractivity contribution in [1.29, 1.82) is 0 Å². The van der Waals surface area contributed by atoms with Gasteiger partial charge in [-0.15, -0.1) is 0 Å².